The minimum atomic E-state index is -0.311. The average molecular weight is 366 g/mol. The summed E-state index contributed by atoms with van der Waals surface area (Å²) < 4.78 is 13.5. The molecule has 21 heavy (non-hydrogen) atoms. The summed E-state index contributed by atoms with van der Waals surface area (Å²) in [6.45, 7) is 0. The van der Waals surface area contributed by atoms with E-state index in [1.165, 1.54) is 29.6 Å². The van der Waals surface area contributed by atoms with Gasteiger partial charge in [0.2, 0.25) is 0 Å². The Balaban J connectivity index is 1.90. The van der Waals surface area contributed by atoms with Gasteiger partial charge in [0.25, 0.3) is 0 Å². The number of hydrogen-bond acceptors (Lipinski definition) is 3. The first kappa shape index (κ1) is 15.7. The lowest BCUT2D eigenvalue weighted by Gasteiger charge is -1.99. The Bertz CT molecular complexity index is 659. The minimum absolute atomic E-state index is 0.311. The maximum atomic E-state index is 13.1. The Labute approximate surface area is 135 Å². The molecule has 0 fully saturated rings. The van der Waals surface area contributed by atoms with Crippen molar-refractivity contribution in [2.45, 2.75) is 5.75 Å². The minimum Gasteiger partial charge on any atom is -0.377 e. The first-order valence-corrected chi connectivity index (χ1v) is 7.91. The van der Waals surface area contributed by atoms with E-state index < -0.39 is 0 Å². The zero-order chi connectivity index (χ0) is 15.1. The summed E-state index contributed by atoms with van der Waals surface area (Å²) >= 11 is 4.53. The summed E-state index contributed by atoms with van der Waals surface area (Å²) in [6, 6.07) is 14.6. The number of benzene rings is 2. The quantitative estimate of drug-likeness (QED) is 0.502. The molecule has 0 saturated heterocycles. The zero-order valence-electron chi connectivity index (χ0n) is 11.0. The predicted molar refractivity (Wildman–Crippen MR) is 91.1 cm³/mol. The van der Waals surface area contributed by atoms with E-state index in [2.05, 4.69) is 26.1 Å². The van der Waals surface area contributed by atoms with Crippen LogP contribution in [-0.2, 0) is 5.75 Å². The molecule has 2 aromatic carbocycles. The van der Waals surface area contributed by atoms with Gasteiger partial charge in [0.15, 0.2) is 5.17 Å². The molecular weight excluding hydrogens is 353 g/mol. The van der Waals surface area contributed by atoms with E-state index in [4.69, 9.17) is 5.73 Å². The van der Waals surface area contributed by atoms with Gasteiger partial charge < -0.3 is 5.73 Å². The molecule has 0 atom stereocenters. The van der Waals surface area contributed by atoms with Gasteiger partial charge in [-0.05, 0) is 39.2 Å². The van der Waals surface area contributed by atoms with Crippen LogP contribution in [0.4, 0.5) is 4.39 Å². The fourth-order valence-electron chi connectivity index (χ4n) is 1.51. The van der Waals surface area contributed by atoms with Crippen LogP contribution >= 0.6 is 27.7 Å². The van der Waals surface area contributed by atoms with Crippen molar-refractivity contribution in [1.29, 1.82) is 0 Å². The fourth-order valence-corrected chi connectivity index (χ4v) is 2.51. The van der Waals surface area contributed by atoms with E-state index in [1.807, 2.05) is 30.3 Å². The third-order valence-electron chi connectivity index (χ3n) is 2.54. The molecule has 6 heteroatoms. The summed E-state index contributed by atoms with van der Waals surface area (Å²) in [6.07, 6.45) is 1.53. The molecule has 2 aromatic rings. The van der Waals surface area contributed by atoms with E-state index in [0.29, 0.717) is 9.64 Å². The van der Waals surface area contributed by atoms with Crippen LogP contribution in [0.3, 0.4) is 0 Å². The molecule has 0 bridgehead atoms. The Morgan fingerprint density at radius 1 is 1.24 bits per heavy atom. The molecule has 0 spiro atoms. The Hall–Kier alpha value is -1.66. The number of thioether (sulfide) groups is 1. The molecule has 0 unspecified atom stereocenters. The molecule has 0 aromatic heterocycles. The number of hydrogen-bond donors (Lipinski definition) is 1. The molecule has 2 N–H and O–H groups in total. The number of amidine groups is 1. The monoisotopic (exact) mass is 365 g/mol. The summed E-state index contributed by atoms with van der Waals surface area (Å²) in [5.41, 5.74) is 7.69. The van der Waals surface area contributed by atoms with Crippen molar-refractivity contribution in [3.8, 4) is 0 Å². The summed E-state index contributed by atoms with van der Waals surface area (Å²) in [5.74, 6) is 0.432. The van der Waals surface area contributed by atoms with Crippen molar-refractivity contribution in [2.24, 2.45) is 15.9 Å². The SMILES string of the molecule is NC(=NN=Cc1ccc(F)c(Br)c1)SCc1ccccc1. The molecular formula is C15H13BrFN3S. The van der Waals surface area contributed by atoms with E-state index in [1.54, 1.807) is 12.1 Å². The number of rotatable bonds is 4. The van der Waals surface area contributed by atoms with Crippen molar-refractivity contribution in [3.05, 3.63) is 69.9 Å². The van der Waals surface area contributed by atoms with E-state index in [9.17, 15) is 4.39 Å². The lowest BCUT2D eigenvalue weighted by molar-refractivity contribution is 0.621. The maximum Gasteiger partial charge on any atom is 0.180 e. The molecule has 0 aliphatic heterocycles. The van der Waals surface area contributed by atoms with Gasteiger partial charge in [-0.3, -0.25) is 0 Å². The van der Waals surface area contributed by atoms with Crippen LogP contribution in [0.5, 0.6) is 0 Å². The first-order chi connectivity index (χ1) is 10.1. The number of halogens is 2. The van der Waals surface area contributed by atoms with E-state index >= 15 is 0 Å². The Morgan fingerprint density at radius 3 is 2.71 bits per heavy atom. The highest BCUT2D eigenvalue weighted by molar-refractivity contribution is 9.10. The van der Waals surface area contributed by atoms with Crippen LogP contribution in [0.1, 0.15) is 11.1 Å². The molecule has 3 nitrogen and oxygen atoms in total. The Morgan fingerprint density at radius 2 is 2.00 bits per heavy atom. The first-order valence-electron chi connectivity index (χ1n) is 6.13. The normalized spacial score (nSPS) is 12.0. The lowest BCUT2D eigenvalue weighted by atomic mass is 10.2. The van der Waals surface area contributed by atoms with Gasteiger partial charge in [0.1, 0.15) is 5.82 Å². The van der Waals surface area contributed by atoms with Gasteiger partial charge >= 0.3 is 0 Å². The smallest absolute Gasteiger partial charge is 0.180 e. The predicted octanol–water partition coefficient (Wildman–Crippen LogP) is 4.17. The Kier molecular flexibility index (Phi) is 5.95. The molecule has 0 aliphatic rings. The van der Waals surface area contributed by atoms with Crippen LogP contribution in [0.15, 0.2) is 63.2 Å². The van der Waals surface area contributed by atoms with Crippen molar-refractivity contribution >= 4 is 39.1 Å². The van der Waals surface area contributed by atoms with Crippen LogP contribution < -0.4 is 5.73 Å². The maximum absolute atomic E-state index is 13.1. The topological polar surface area (TPSA) is 50.7 Å². The molecule has 2 rings (SSSR count). The molecule has 0 saturated carbocycles. The van der Waals surface area contributed by atoms with E-state index in [0.717, 1.165) is 11.3 Å². The summed E-state index contributed by atoms with van der Waals surface area (Å²) in [7, 11) is 0. The fraction of sp³-hybridized carbons (Fsp3) is 0.0667. The van der Waals surface area contributed by atoms with Gasteiger partial charge in [-0.25, -0.2) is 4.39 Å². The second-order valence-corrected chi connectivity index (χ2v) is 5.98. The van der Waals surface area contributed by atoms with Crippen LogP contribution in [0.25, 0.3) is 0 Å². The third-order valence-corrected chi connectivity index (χ3v) is 4.00. The highest BCUT2D eigenvalue weighted by atomic mass is 79.9. The van der Waals surface area contributed by atoms with Crippen LogP contribution in [-0.4, -0.2) is 11.4 Å². The highest BCUT2D eigenvalue weighted by Crippen LogP contribution is 2.16. The average Bonchev–Trinajstić information content (AvgIpc) is 2.50. The van der Waals surface area contributed by atoms with Crippen LogP contribution in [0.2, 0.25) is 0 Å². The standard InChI is InChI=1S/C15H13BrFN3S/c16-13-8-12(6-7-14(13)17)9-19-20-15(18)21-10-11-4-2-1-3-5-11/h1-9H,10H2,(H2,18,20). The summed E-state index contributed by atoms with van der Waals surface area (Å²) in [4.78, 5) is 0. The van der Waals surface area contributed by atoms with Crippen LogP contribution in [0, 0.1) is 5.82 Å². The molecule has 0 amide bonds. The van der Waals surface area contributed by atoms with Gasteiger partial charge in [0, 0.05) is 5.75 Å². The van der Waals surface area contributed by atoms with Gasteiger partial charge in [-0.15, -0.1) is 5.10 Å². The molecule has 108 valence electrons. The largest absolute Gasteiger partial charge is 0.377 e. The molecule has 0 heterocycles. The molecule has 0 aliphatic carbocycles. The van der Waals surface area contributed by atoms with Gasteiger partial charge in [0.05, 0.1) is 10.7 Å². The lowest BCUT2D eigenvalue weighted by Crippen LogP contribution is -2.05. The third kappa shape index (κ3) is 5.32. The summed E-state index contributed by atoms with van der Waals surface area (Å²) in [5, 5.41) is 8.19. The van der Waals surface area contributed by atoms with Gasteiger partial charge in [-0.2, -0.15) is 5.10 Å². The van der Waals surface area contributed by atoms with Crippen molar-refractivity contribution < 1.29 is 4.39 Å². The van der Waals surface area contributed by atoms with E-state index in [-0.39, 0.29) is 5.82 Å². The zero-order valence-corrected chi connectivity index (χ0v) is 13.4. The number of nitrogens with two attached hydrogens (primary N) is 1. The second-order valence-electron chi connectivity index (χ2n) is 4.13. The second kappa shape index (κ2) is 7.95. The van der Waals surface area contributed by atoms with Crippen molar-refractivity contribution in [3.63, 3.8) is 0 Å². The number of nitrogens with zero attached hydrogens (tertiary/aromatic N) is 2. The van der Waals surface area contributed by atoms with Crippen molar-refractivity contribution in [1.82, 2.24) is 0 Å². The molecule has 0 radical (unpaired) electrons. The van der Waals surface area contributed by atoms with Crippen molar-refractivity contribution in [2.75, 3.05) is 0 Å². The highest BCUT2D eigenvalue weighted by Gasteiger charge is 1.98. The van der Waals surface area contributed by atoms with Gasteiger partial charge in [-0.1, -0.05) is 48.2 Å².